The average Bonchev–Trinajstić information content (AvgIpc) is 3.14. The van der Waals surface area contributed by atoms with Crippen molar-refractivity contribution < 1.29 is 15.0 Å². The summed E-state index contributed by atoms with van der Waals surface area (Å²) >= 11 is 0. The van der Waals surface area contributed by atoms with E-state index in [1.54, 1.807) is 0 Å². The molecule has 0 aliphatic heterocycles. The van der Waals surface area contributed by atoms with Gasteiger partial charge in [0.05, 0.1) is 6.61 Å². The highest BCUT2D eigenvalue weighted by Gasteiger charge is 2.20. The molecule has 0 aliphatic rings. The number of aliphatic hydroxyl groups excluding tert-OH is 1. The van der Waals surface area contributed by atoms with Crippen LogP contribution in [0.2, 0.25) is 0 Å². The van der Waals surface area contributed by atoms with Crippen LogP contribution >= 0.6 is 8.07 Å². The van der Waals surface area contributed by atoms with Crippen LogP contribution in [0.3, 0.4) is 0 Å². The number of nitrogens with one attached hydrogen (secondary N) is 1. The number of rotatable bonds is 44. The van der Waals surface area contributed by atoms with Crippen LogP contribution in [0, 0.1) is 0 Å². The Balaban J connectivity index is 3.74. The maximum atomic E-state index is 11.6. The Kier molecular flexibility index (Phi) is 44.1. The van der Waals surface area contributed by atoms with Crippen molar-refractivity contribution in [2.24, 2.45) is 0 Å². The zero-order valence-corrected chi connectivity index (χ0v) is 36.1. The number of hydrogen-bond donors (Lipinski definition) is 3. The Morgan fingerprint density at radius 3 is 0.942 bits per heavy atom. The van der Waals surface area contributed by atoms with E-state index in [0.29, 0.717) is 0 Å². The van der Waals surface area contributed by atoms with Crippen LogP contribution in [0.25, 0.3) is 0 Å². The molecule has 0 aliphatic carbocycles. The van der Waals surface area contributed by atoms with Gasteiger partial charge in [0.1, 0.15) is 6.04 Å². The van der Waals surface area contributed by atoms with Crippen molar-refractivity contribution in [2.45, 2.75) is 251 Å². The third kappa shape index (κ3) is 40.5. The molecule has 308 valence electrons. The third-order valence-corrected chi connectivity index (χ3v) is 13.1. The van der Waals surface area contributed by atoms with Crippen molar-refractivity contribution in [3.05, 3.63) is 24.3 Å². The summed E-state index contributed by atoms with van der Waals surface area (Å²) in [6.45, 7) is 4.25. The molecule has 1 atom stereocenters. The standard InChI is InChI=1S/C47H92NO3P/c1-3-5-7-9-11-13-15-17-19-21-23-25-27-29-31-33-35-37-39-41-43-52(48-46(45-49)47(50)51)44-42-40-38-36-34-32-30-28-26-24-22-20-18-16-14-12-10-8-6-4-2/h17-20,46,48-49H,3-16,21-45H2,1-2H3,(H,50,51)/b19-17-,20-18-. The summed E-state index contributed by atoms with van der Waals surface area (Å²) in [6.07, 6.45) is 60.1. The molecule has 0 radical (unpaired) electrons. The van der Waals surface area contributed by atoms with E-state index >= 15 is 0 Å². The molecule has 5 heteroatoms. The molecule has 0 aromatic rings. The molecular weight excluding hydrogens is 657 g/mol. The number of hydrogen-bond acceptors (Lipinski definition) is 3. The first-order valence-corrected chi connectivity index (χ1v) is 25.0. The zero-order valence-electron chi connectivity index (χ0n) is 35.2. The molecule has 0 amide bonds. The summed E-state index contributed by atoms with van der Waals surface area (Å²) in [6, 6.07) is -0.812. The minimum absolute atomic E-state index is 0.319. The SMILES string of the molecule is CCCCCCCC/C=C\CCCCCCCCCCCCP(CCCCCCCCCCCC/C=C\CCCCCCCC)NC(CO)C(=O)O. The van der Waals surface area contributed by atoms with Gasteiger partial charge in [0.2, 0.25) is 0 Å². The summed E-state index contributed by atoms with van der Waals surface area (Å²) in [5.41, 5.74) is 0. The number of carboxylic acid groups (broad SMARTS) is 1. The topological polar surface area (TPSA) is 69.6 Å². The van der Waals surface area contributed by atoms with Crippen molar-refractivity contribution in [2.75, 3.05) is 18.9 Å². The van der Waals surface area contributed by atoms with Crippen LogP contribution in [0.1, 0.15) is 245 Å². The van der Waals surface area contributed by atoms with E-state index in [1.165, 1.54) is 231 Å². The lowest BCUT2D eigenvalue weighted by atomic mass is 10.1. The van der Waals surface area contributed by atoms with Crippen molar-refractivity contribution in [3.63, 3.8) is 0 Å². The van der Waals surface area contributed by atoms with Gasteiger partial charge in [0.25, 0.3) is 0 Å². The molecule has 0 heterocycles. The van der Waals surface area contributed by atoms with E-state index in [0.717, 1.165) is 12.3 Å². The van der Waals surface area contributed by atoms with Crippen LogP contribution in [-0.2, 0) is 4.79 Å². The summed E-state index contributed by atoms with van der Waals surface area (Å²) < 4.78 is 0. The molecular formula is C47H92NO3P. The maximum absolute atomic E-state index is 11.6. The predicted octanol–water partition coefficient (Wildman–Crippen LogP) is 15.6. The van der Waals surface area contributed by atoms with Gasteiger partial charge in [-0.15, -0.1) is 0 Å². The molecule has 0 rings (SSSR count). The number of allylic oxidation sites excluding steroid dienone is 4. The molecule has 4 nitrogen and oxygen atoms in total. The summed E-state index contributed by atoms with van der Waals surface area (Å²) in [5.74, 6) is -0.921. The van der Waals surface area contributed by atoms with E-state index in [4.69, 9.17) is 0 Å². The smallest absolute Gasteiger partial charge is 0.323 e. The first-order valence-electron chi connectivity index (χ1n) is 23.3. The first-order chi connectivity index (χ1) is 25.7. The van der Waals surface area contributed by atoms with Gasteiger partial charge in [-0.05, 0) is 84.6 Å². The maximum Gasteiger partial charge on any atom is 0.323 e. The molecule has 0 bridgehead atoms. The van der Waals surface area contributed by atoms with Crippen molar-refractivity contribution in [3.8, 4) is 0 Å². The van der Waals surface area contributed by atoms with E-state index < -0.39 is 20.1 Å². The Morgan fingerprint density at radius 2 is 0.692 bits per heavy atom. The van der Waals surface area contributed by atoms with Gasteiger partial charge >= 0.3 is 5.97 Å². The molecule has 0 fully saturated rings. The molecule has 0 saturated heterocycles. The minimum Gasteiger partial charge on any atom is -0.480 e. The molecule has 52 heavy (non-hydrogen) atoms. The fraction of sp³-hybridized carbons (Fsp3) is 0.894. The molecule has 0 spiro atoms. The molecule has 0 saturated carbocycles. The summed E-state index contributed by atoms with van der Waals surface area (Å²) in [4.78, 5) is 11.6. The number of carboxylic acids is 1. The fourth-order valence-corrected chi connectivity index (χ4v) is 9.48. The second-order valence-corrected chi connectivity index (χ2v) is 18.1. The Labute approximate surface area is 327 Å². The lowest BCUT2D eigenvalue weighted by Crippen LogP contribution is -2.37. The first kappa shape index (κ1) is 51.3. The van der Waals surface area contributed by atoms with E-state index in [9.17, 15) is 15.0 Å². The van der Waals surface area contributed by atoms with Crippen molar-refractivity contribution in [1.29, 1.82) is 0 Å². The monoisotopic (exact) mass is 750 g/mol. The van der Waals surface area contributed by atoms with Gasteiger partial charge in [-0.1, -0.05) is 205 Å². The highest BCUT2D eigenvalue weighted by Crippen LogP contribution is 2.34. The summed E-state index contributed by atoms with van der Waals surface area (Å²) in [7, 11) is -0.531. The Bertz CT molecular complexity index is 707. The van der Waals surface area contributed by atoms with E-state index in [1.807, 2.05) is 0 Å². The minimum atomic E-state index is -0.921. The van der Waals surface area contributed by atoms with E-state index in [2.05, 4.69) is 43.2 Å². The highest BCUT2D eigenvalue weighted by molar-refractivity contribution is 7.55. The average molecular weight is 750 g/mol. The van der Waals surface area contributed by atoms with Crippen LogP contribution in [0.4, 0.5) is 0 Å². The second kappa shape index (κ2) is 44.7. The number of aliphatic hydroxyl groups is 1. The Hall–Kier alpha value is -0.700. The summed E-state index contributed by atoms with van der Waals surface area (Å²) in [5, 5.41) is 22.4. The molecule has 1 unspecified atom stereocenters. The van der Waals surface area contributed by atoms with Gasteiger partial charge in [0, 0.05) is 0 Å². The lowest BCUT2D eigenvalue weighted by Gasteiger charge is -2.22. The Morgan fingerprint density at radius 1 is 0.442 bits per heavy atom. The molecule has 0 aromatic heterocycles. The third-order valence-electron chi connectivity index (χ3n) is 10.7. The number of aliphatic carboxylic acids is 1. The molecule has 3 N–H and O–H groups in total. The number of unbranched alkanes of at least 4 members (excludes halogenated alkanes) is 32. The van der Waals surface area contributed by atoms with Crippen LogP contribution < -0.4 is 5.09 Å². The normalized spacial score (nSPS) is 12.6. The van der Waals surface area contributed by atoms with E-state index in [-0.39, 0.29) is 6.61 Å². The van der Waals surface area contributed by atoms with Crippen molar-refractivity contribution >= 4 is 14.0 Å². The number of carbonyl (C=O) groups is 1. The highest BCUT2D eigenvalue weighted by atomic mass is 31.1. The van der Waals surface area contributed by atoms with Gasteiger partial charge in [-0.2, -0.15) is 0 Å². The van der Waals surface area contributed by atoms with Crippen LogP contribution in [-0.4, -0.2) is 41.2 Å². The predicted molar refractivity (Wildman–Crippen MR) is 234 cm³/mol. The van der Waals surface area contributed by atoms with Gasteiger partial charge in [-0.3, -0.25) is 9.88 Å². The van der Waals surface area contributed by atoms with Crippen LogP contribution in [0.15, 0.2) is 24.3 Å². The second-order valence-electron chi connectivity index (χ2n) is 15.9. The largest absolute Gasteiger partial charge is 0.480 e. The fourth-order valence-electron chi connectivity index (χ4n) is 7.15. The zero-order chi connectivity index (χ0) is 37.8. The van der Waals surface area contributed by atoms with Gasteiger partial charge in [0.15, 0.2) is 0 Å². The molecule has 0 aromatic carbocycles. The van der Waals surface area contributed by atoms with Gasteiger partial charge in [-0.25, -0.2) is 0 Å². The lowest BCUT2D eigenvalue weighted by molar-refractivity contribution is -0.139. The van der Waals surface area contributed by atoms with Crippen molar-refractivity contribution in [1.82, 2.24) is 5.09 Å². The van der Waals surface area contributed by atoms with Crippen LogP contribution in [0.5, 0.6) is 0 Å². The van der Waals surface area contributed by atoms with Gasteiger partial charge < -0.3 is 10.2 Å². The quantitative estimate of drug-likeness (QED) is 0.0330.